The molecule has 2 amide bonds. The van der Waals surface area contributed by atoms with Gasteiger partial charge in [0.25, 0.3) is 0 Å². The second-order valence-electron chi connectivity index (χ2n) is 9.54. The van der Waals surface area contributed by atoms with Gasteiger partial charge in [-0.3, -0.25) is 9.59 Å². The number of amides is 2. The summed E-state index contributed by atoms with van der Waals surface area (Å²) in [6.45, 7) is 3.18. The summed E-state index contributed by atoms with van der Waals surface area (Å²) in [7, 11) is 0. The number of aromatic nitrogens is 2. The summed E-state index contributed by atoms with van der Waals surface area (Å²) in [4.78, 5) is 31.9. The number of aryl methyl sites for hydroxylation is 2. The Kier molecular flexibility index (Phi) is 9.32. The van der Waals surface area contributed by atoms with Crippen molar-refractivity contribution in [1.82, 2.24) is 19.8 Å². The molecule has 1 aliphatic heterocycles. The molecule has 2 heterocycles. The van der Waals surface area contributed by atoms with Crippen molar-refractivity contribution in [1.29, 1.82) is 0 Å². The number of hydrogen-bond acceptors (Lipinski definition) is 3. The molecule has 0 spiro atoms. The zero-order chi connectivity index (χ0) is 24.3. The number of nitrogens with one attached hydrogen (secondary N) is 1. The van der Waals surface area contributed by atoms with Crippen molar-refractivity contribution in [3.05, 3.63) is 66.0 Å². The summed E-state index contributed by atoms with van der Waals surface area (Å²) >= 11 is 0. The molecule has 1 fully saturated rings. The minimum absolute atomic E-state index is 0.0760. The SMILES string of the molecule is O=C(Cc1ccccc1)NCCCCCc1nc2ccccc2n1CCC(=O)N1CCCCCC1. The smallest absolute Gasteiger partial charge is 0.224 e. The van der Waals surface area contributed by atoms with E-state index in [0.717, 1.165) is 74.0 Å². The standard InChI is InChI=1S/C29H38N4O2/c34-28(23-24-13-5-3-6-14-24)30-19-10-4-7-17-27-31-25-15-8-9-16-26(25)33(27)22-18-29(35)32-20-11-1-2-12-21-32/h3,5-6,8-9,13-16H,1-2,4,7,10-12,17-23H2,(H,30,34). The highest BCUT2D eigenvalue weighted by Crippen LogP contribution is 2.19. The molecule has 1 aromatic heterocycles. The first-order valence-corrected chi connectivity index (χ1v) is 13.2. The van der Waals surface area contributed by atoms with Gasteiger partial charge in [-0.2, -0.15) is 0 Å². The van der Waals surface area contributed by atoms with Gasteiger partial charge in [0.05, 0.1) is 17.5 Å². The van der Waals surface area contributed by atoms with Gasteiger partial charge < -0.3 is 14.8 Å². The van der Waals surface area contributed by atoms with Gasteiger partial charge in [-0.05, 0) is 43.4 Å². The number of imidazole rings is 1. The Morgan fingerprint density at radius 2 is 1.60 bits per heavy atom. The molecule has 0 saturated carbocycles. The second-order valence-corrected chi connectivity index (χ2v) is 9.54. The van der Waals surface area contributed by atoms with E-state index in [1.807, 2.05) is 48.5 Å². The summed E-state index contributed by atoms with van der Waals surface area (Å²) in [5.74, 6) is 1.40. The highest BCUT2D eigenvalue weighted by Gasteiger charge is 2.17. The van der Waals surface area contributed by atoms with E-state index in [1.165, 1.54) is 12.8 Å². The number of rotatable bonds is 11. The fourth-order valence-corrected chi connectivity index (χ4v) is 4.91. The molecule has 4 rings (SSSR count). The van der Waals surface area contributed by atoms with E-state index in [0.29, 0.717) is 25.9 Å². The van der Waals surface area contributed by atoms with Crippen LogP contribution in [-0.4, -0.2) is 45.9 Å². The molecule has 6 nitrogen and oxygen atoms in total. The second kappa shape index (κ2) is 13.1. The van der Waals surface area contributed by atoms with Gasteiger partial charge in [-0.1, -0.05) is 61.7 Å². The minimum Gasteiger partial charge on any atom is -0.356 e. The molecular weight excluding hydrogens is 436 g/mol. The van der Waals surface area contributed by atoms with Crippen LogP contribution in [-0.2, 0) is 29.0 Å². The molecule has 6 heteroatoms. The highest BCUT2D eigenvalue weighted by molar-refractivity contribution is 5.79. The van der Waals surface area contributed by atoms with Crippen LogP contribution in [0.3, 0.4) is 0 Å². The maximum atomic E-state index is 12.9. The van der Waals surface area contributed by atoms with Crippen molar-refractivity contribution in [2.24, 2.45) is 0 Å². The Balaban J connectivity index is 1.24. The van der Waals surface area contributed by atoms with Gasteiger partial charge in [0, 0.05) is 39.0 Å². The molecule has 0 atom stereocenters. The van der Waals surface area contributed by atoms with Crippen LogP contribution in [0, 0.1) is 0 Å². The van der Waals surface area contributed by atoms with Crippen molar-refractivity contribution in [2.45, 2.75) is 70.8 Å². The number of hydrogen-bond donors (Lipinski definition) is 1. The molecule has 186 valence electrons. The number of carbonyl (C=O) groups excluding carboxylic acids is 2. The first-order valence-electron chi connectivity index (χ1n) is 13.2. The minimum atomic E-state index is 0.0760. The van der Waals surface area contributed by atoms with Gasteiger partial charge >= 0.3 is 0 Å². The number of para-hydroxylation sites is 2. The van der Waals surface area contributed by atoms with E-state index in [4.69, 9.17) is 4.98 Å². The molecular formula is C29H38N4O2. The van der Waals surface area contributed by atoms with Crippen molar-refractivity contribution in [2.75, 3.05) is 19.6 Å². The molecule has 1 aliphatic rings. The van der Waals surface area contributed by atoms with Crippen molar-refractivity contribution >= 4 is 22.8 Å². The van der Waals surface area contributed by atoms with Crippen molar-refractivity contribution < 1.29 is 9.59 Å². The summed E-state index contributed by atoms with van der Waals surface area (Å²) in [6.07, 6.45) is 9.54. The lowest BCUT2D eigenvalue weighted by Gasteiger charge is -2.20. The average molecular weight is 475 g/mol. The molecule has 0 bridgehead atoms. The van der Waals surface area contributed by atoms with Crippen LogP contribution in [0.5, 0.6) is 0 Å². The molecule has 1 saturated heterocycles. The molecule has 0 unspecified atom stereocenters. The maximum absolute atomic E-state index is 12.9. The largest absolute Gasteiger partial charge is 0.356 e. The van der Waals surface area contributed by atoms with Gasteiger partial charge in [-0.15, -0.1) is 0 Å². The summed E-state index contributed by atoms with van der Waals surface area (Å²) in [5, 5.41) is 3.03. The Bertz CT molecular complexity index is 1080. The fraction of sp³-hybridized carbons (Fsp3) is 0.483. The van der Waals surface area contributed by atoms with Crippen LogP contribution < -0.4 is 5.32 Å². The van der Waals surface area contributed by atoms with Gasteiger partial charge in [0.15, 0.2) is 0 Å². The van der Waals surface area contributed by atoms with Crippen molar-refractivity contribution in [3.63, 3.8) is 0 Å². The molecule has 2 aromatic carbocycles. The van der Waals surface area contributed by atoms with Crippen LogP contribution in [0.4, 0.5) is 0 Å². The predicted octanol–water partition coefficient (Wildman–Crippen LogP) is 4.90. The zero-order valence-corrected chi connectivity index (χ0v) is 20.8. The predicted molar refractivity (Wildman–Crippen MR) is 140 cm³/mol. The third kappa shape index (κ3) is 7.41. The Labute approximate surface area is 208 Å². The highest BCUT2D eigenvalue weighted by atomic mass is 16.2. The normalized spacial score (nSPS) is 14.1. The molecule has 0 aliphatic carbocycles. The topological polar surface area (TPSA) is 67.2 Å². The molecule has 0 radical (unpaired) electrons. The van der Waals surface area contributed by atoms with Gasteiger partial charge in [-0.25, -0.2) is 4.98 Å². The number of fused-ring (bicyclic) bond motifs is 1. The Morgan fingerprint density at radius 3 is 2.40 bits per heavy atom. The van der Waals surface area contributed by atoms with Crippen LogP contribution in [0.1, 0.15) is 62.8 Å². The van der Waals surface area contributed by atoms with Crippen LogP contribution in [0.15, 0.2) is 54.6 Å². The van der Waals surface area contributed by atoms with E-state index >= 15 is 0 Å². The lowest BCUT2D eigenvalue weighted by molar-refractivity contribution is -0.131. The third-order valence-electron chi connectivity index (χ3n) is 6.85. The first-order chi connectivity index (χ1) is 17.2. The first kappa shape index (κ1) is 25.0. The number of carbonyl (C=O) groups is 2. The maximum Gasteiger partial charge on any atom is 0.224 e. The van der Waals surface area contributed by atoms with Gasteiger partial charge in [0.2, 0.25) is 11.8 Å². The fourth-order valence-electron chi connectivity index (χ4n) is 4.91. The molecule has 35 heavy (non-hydrogen) atoms. The van der Waals surface area contributed by atoms with E-state index in [1.54, 1.807) is 0 Å². The number of likely N-dealkylation sites (tertiary alicyclic amines) is 1. The van der Waals surface area contributed by atoms with Crippen LogP contribution in [0.2, 0.25) is 0 Å². The van der Waals surface area contributed by atoms with Crippen LogP contribution >= 0.6 is 0 Å². The van der Waals surface area contributed by atoms with E-state index in [2.05, 4.69) is 20.9 Å². The number of unbranched alkanes of at least 4 members (excludes halogenated alkanes) is 2. The quantitative estimate of drug-likeness (QED) is 0.402. The van der Waals surface area contributed by atoms with Crippen molar-refractivity contribution in [3.8, 4) is 0 Å². The number of nitrogens with zero attached hydrogens (tertiary/aromatic N) is 3. The van der Waals surface area contributed by atoms with E-state index in [-0.39, 0.29) is 11.8 Å². The van der Waals surface area contributed by atoms with Gasteiger partial charge in [0.1, 0.15) is 5.82 Å². The summed E-state index contributed by atoms with van der Waals surface area (Å²) in [5.41, 5.74) is 3.15. The van der Waals surface area contributed by atoms with Crippen LogP contribution in [0.25, 0.3) is 11.0 Å². The Morgan fingerprint density at radius 1 is 0.857 bits per heavy atom. The van der Waals surface area contributed by atoms with E-state index in [9.17, 15) is 9.59 Å². The summed E-state index contributed by atoms with van der Waals surface area (Å²) in [6, 6.07) is 18.0. The van der Waals surface area contributed by atoms with E-state index < -0.39 is 0 Å². The monoisotopic (exact) mass is 474 g/mol. The summed E-state index contributed by atoms with van der Waals surface area (Å²) < 4.78 is 2.24. The zero-order valence-electron chi connectivity index (χ0n) is 20.8. The average Bonchev–Trinajstić information content (AvgIpc) is 3.02. The lowest BCUT2D eigenvalue weighted by atomic mass is 10.1. The molecule has 1 N–H and O–H groups in total. The Hall–Kier alpha value is -3.15. The third-order valence-corrected chi connectivity index (χ3v) is 6.85. The molecule has 3 aromatic rings. The lowest BCUT2D eigenvalue weighted by Crippen LogP contribution is -2.32. The number of benzene rings is 2.